The Morgan fingerprint density at radius 3 is 1.58 bits per heavy atom. The van der Waals surface area contributed by atoms with Crippen LogP contribution in [0.25, 0.3) is 0 Å². The molecule has 38 heavy (non-hydrogen) atoms. The van der Waals surface area contributed by atoms with Gasteiger partial charge in [0.25, 0.3) is 0 Å². The number of halogens is 4. The number of rotatable bonds is 3. The zero-order valence-corrected chi connectivity index (χ0v) is 23.6. The number of aromatic nitrogens is 1. The van der Waals surface area contributed by atoms with Crippen LogP contribution in [-0.2, 0) is 47.8 Å². The van der Waals surface area contributed by atoms with Crippen LogP contribution in [-0.4, -0.2) is 74.5 Å². The lowest BCUT2D eigenvalue weighted by molar-refractivity contribution is -0.180. The first-order valence-corrected chi connectivity index (χ1v) is 11.4. The second-order valence-corrected chi connectivity index (χ2v) is 7.90. The molecule has 1 fully saturated rings. The standard InChI is InChI=1S/C9H14O5.C7H5Cl3N2O2.C3H6O2.C2H3FO2/c1-6(10)13-8-3-9(5-12-4-8)14-7(2)11;1-14-7(13)5-2(8)4(11)3(9)6(10)12-5;1-3(4)5-2;1-2(4)5-3/h8-9H,3-5H2,1-2H3;1H3,(H2,11,12);1-2H3;1H3. The number of anilines is 1. The molecule has 0 bridgehead atoms. The summed E-state index contributed by atoms with van der Waals surface area (Å²) in [7, 11) is 2.54. The monoisotopic (exact) mass is 608 g/mol. The van der Waals surface area contributed by atoms with E-state index in [1.54, 1.807) is 0 Å². The Labute approximate surface area is 232 Å². The van der Waals surface area contributed by atoms with Gasteiger partial charge in [0.2, 0.25) is 0 Å². The van der Waals surface area contributed by atoms with Crippen molar-refractivity contribution in [3.05, 3.63) is 20.9 Å². The smallest absolute Gasteiger partial charge is 0.358 e. The van der Waals surface area contributed by atoms with Crippen LogP contribution in [0.5, 0.6) is 0 Å². The summed E-state index contributed by atoms with van der Waals surface area (Å²) >= 11 is 17.0. The minimum absolute atomic E-state index is 0.00809. The first-order chi connectivity index (χ1) is 17.6. The van der Waals surface area contributed by atoms with Gasteiger partial charge in [0.15, 0.2) is 10.8 Å². The zero-order valence-electron chi connectivity index (χ0n) is 21.3. The summed E-state index contributed by atoms with van der Waals surface area (Å²) < 4.78 is 33.8. The van der Waals surface area contributed by atoms with Crippen molar-refractivity contribution < 1.29 is 57.1 Å². The lowest BCUT2D eigenvalue weighted by Crippen LogP contribution is -2.38. The predicted molar refractivity (Wildman–Crippen MR) is 132 cm³/mol. The first-order valence-electron chi connectivity index (χ1n) is 10.2. The van der Waals surface area contributed by atoms with Crippen molar-refractivity contribution in [1.82, 2.24) is 4.98 Å². The Morgan fingerprint density at radius 1 is 0.842 bits per heavy atom. The third kappa shape index (κ3) is 16.7. The number of pyridine rings is 1. The number of carbonyl (C=O) groups excluding carboxylic acids is 5. The van der Waals surface area contributed by atoms with Crippen LogP contribution in [0.2, 0.25) is 15.2 Å². The van der Waals surface area contributed by atoms with E-state index in [1.807, 2.05) is 0 Å². The van der Waals surface area contributed by atoms with E-state index in [9.17, 15) is 28.5 Å². The van der Waals surface area contributed by atoms with Crippen molar-refractivity contribution >= 4 is 70.3 Å². The van der Waals surface area contributed by atoms with E-state index in [0.29, 0.717) is 19.6 Å². The van der Waals surface area contributed by atoms with Crippen molar-refractivity contribution in [1.29, 1.82) is 0 Å². The van der Waals surface area contributed by atoms with Gasteiger partial charge in [-0.25, -0.2) is 14.6 Å². The molecule has 0 saturated carbocycles. The number of carbonyl (C=O) groups is 5. The summed E-state index contributed by atoms with van der Waals surface area (Å²) in [6.45, 7) is 5.78. The SMILES string of the molecule is CC(=O)OC1COCC(OC(C)=O)C1.CC(=O)OF.COC(=O)c1nc(Cl)c(Cl)c(N)c1Cl.COC(C)=O. The van der Waals surface area contributed by atoms with Crippen LogP contribution in [0.1, 0.15) is 44.6 Å². The largest absolute Gasteiger partial charge is 0.469 e. The molecule has 1 aliphatic rings. The average molecular weight is 610 g/mol. The minimum atomic E-state index is -0.912. The van der Waals surface area contributed by atoms with Crippen LogP contribution < -0.4 is 5.73 Å². The summed E-state index contributed by atoms with van der Waals surface area (Å²) in [6.07, 6.45) is -0.0877. The quantitative estimate of drug-likeness (QED) is 0.300. The Morgan fingerprint density at radius 2 is 1.26 bits per heavy atom. The highest BCUT2D eigenvalue weighted by Gasteiger charge is 2.26. The molecule has 2 unspecified atom stereocenters. The van der Waals surface area contributed by atoms with Gasteiger partial charge in [-0.15, -0.1) is 0 Å². The molecule has 2 atom stereocenters. The molecule has 0 aliphatic carbocycles. The summed E-state index contributed by atoms with van der Waals surface area (Å²) in [5.41, 5.74) is 5.34. The van der Waals surface area contributed by atoms with E-state index in [4.69, 9.17) is 54.7 Å². The van der Waals surface area contributed by atoms with E-state index < -0.39 is 11.9 Å². The molecule has 17 heteroatoms. The average Bonchev–Trinajstić information content (AvgIpc) is 2.85. The van der Waals surface area contributed by atoms with Gasteiger partial charge in [0, 0.05) is 38.6 Å². The Hall–Kier alpha value is -2.94. The maximum absolute atomic E-state index is 11.1. The number of nitrogens with zero attached hydrogens (tertiary/aromatic N) is 1. The maximum Gasteiger partial charge on any atom is 0.358 e. The van der Waals surface area contributed by atoms with Crippen molar-refractivity contribution in [2.24, 2.45) is 0 Å². The molecular formula is C21H28Cl3FN2O11. The highest BCUT2D eigenvalue weighted by molar-refractivity contribution is 6.46. The second-order valence-electron chi connectivity index (χ2n) is 6.78. The predicted octanol–water partition coefficient (Wildman–Crippen LogP) is 3.29. The van der Waals surface area contributed by atoms with E-state index in [2.05, 4.69) is 19.4 Å². The topological polar surface area (TPSA) is 180 Å². The molecule has 2 rings (SSSR count). The van der Waals surface area contributed by atoms with E-state index in [1.165, 1.54) is 35.0 Å². The highest BCUT2D eigenvalue weighted by atomic mass is 35.5. The molecule has 0 spiro atoms. The second kappa shape index (κ2) is 20.1. The Kier molecular flexibility index (Phi) is 19.7. The van der Waals surface area contributed by atoms with Gasteiger partial charge in [-0.3, -0.25) is 19.3 Å². The molecule has 2 N–H and O–H groups in total. The van der Waals surface area contributed by atoms with Gasteiger partial charge in [-0.1, -0.05) is 34.8 Å². The summed E-state index contributed by atoms with van der Waals surface area (Å²) in [6, 6.07) is 0. The fourth-order valence-corrected chi connectivity index (χ4v) is 2.74. The molecule has 1 aromatic rings. The Bertz CT molecular complexity index is 931. The lowest BCUT2D eigenvalue weighted by Gasteiger charge is -2.28. The third-order valence-corrected chi connectivity index (χ3v) is 4.78. The maximum atomic E-state index is 11.1. The van der Waals surface area contributed by atoms with Crippen molar-refractivity contribution in [3.63, 3.8) is 0 Å². The molecule has 1 aromatic heterocycles. The van der Waals surface area contributed by atoms with E-state index >= 15 is 0 Å². The highest BCUT2D eigenvalue weighted by Crippen LogP contribution is 2.34. The van der Waals surface area contributed by atoms with Crippen molar-refractivity contribution in [2.45, 2.75) is 46.3 Å². The van der Waals surface area contributed by atoms with Crippen LogP contribution in [0.15, 0.2) is 0 Å². The molecule has 0 aromatic carbocycles. The van der Waals surface area contributed by atoms with Gasteiger partial charge in [0.05, 0.1) is 38.1 Å². The number of nitrogen functional groups attached to an aromatic ring is 1. The van der Waals surface area contributed by atoms with Gasteiger partial charge >= 0.3 is 29.8 Å². The fraction of sp³-hybridized carbons (Fsp3) is 0.524. The van der Waals surface area contributed by atoms with Crippen LogP contribution in [0, 0.1) is 0 Å². The normalized spacial score (nSPS) is 15.3. The van der Waals surface area contributed by atoms with Gasteiger partial charge < -0.3 is 29.4 Å². The van der Waals surface area contributed by atoms with Crippen LogP contribution in [0.4, 0.5) is 10.2 Å². The zero-order chi connectivity index (χ0) is 30.0. The number of nitrogens with two attached hydrogens (primary N) is 1. The Balaban J connectivity index is 0. The molecule has 0 radical (unpaired) electrons. The molecule has 13 nitrogen and oxygen atoms in total. The molecule has 1 aliphatic heterocycles. The minimum Gasteiger partial charge on any atom is -0.469 e. The van der Waals surface area contributed by atoms with Crippen molar-refractivity contribution in [2.75, 3.05) is 33.2 Å². The summed E-state index contributed by atoms with van der Waals surface area (Å²) in [4.78, 5) is 57.5. The molecule has 1 saturated heterocycles. The number of ether oxygens (including phenoxy) is 5. The lowest BCUT2D eigenvalue weighted by atomic mass is 10.1. The fourth-order valence-electron chi connectivity index (χ4n) is 2.16. The molecular weight excluding hydrogens is 582 g/mol. The van der Waals surface area contributed by atoms with Crippen LogP contribution >= 0.6 is 34.8 Å². The molecule has 216 valence electrons. The number of hydrogen-bond acceptors (Lipinski definition) is 13. The number of esters is 4. The van der Waals surface area contributed by atoms with Gasteiger partial charge in [0.1, 0.15) is 17.2 Å². The van der Waals surface area contributed by atoms with E-state index in [0.717, 1.165) is 6.92 Å². The number of methoxy groups -OCH3 is 2. The van der Waals surface area contributed by atoms with Crippen LogP contribution in [0.3, 0.4) is 0 Å². The number of hydrogen-bond donors (Lipinski definition) is 1. The summed E-state index contributed by atoms with van der Waals surface area (Å²) in [5.74, 6) is -2.57. The molecule has 0 amide bonds. The molecule has 2 heterocycles. The van der Waals surface area contributed by atoms with Gasteiger partial charge in [-0.05, 0) is 0 Å². The third-order valence-electron chi connectivity index (χ3n) is 3.65. The summed E-state index contributed by atoms with van der Waals surface area (Å²) in [5, 5.41) is -0.135. The van der Waals surface area contributed by atoms with E-state index in [-0.39, 0.29) is 56.7 Å². The first kappa shape index (κ1) is 37.2. The van der Waals surface area contributed by atoms with Gasteiger partial charge in [-0.2, -0.15) is 0 Å². The van der Waals surface area contributed by atoms with Crippen molar-refractivity contribution in [3.8, 4) is 0 Å².